The highest BCUT2D eigenvalue weighted by Gasteiger charge is 2.46. The van der Waals surface area contributed by atoms with E-state index in [0.29, 0.717) is 16.9 Å². The van der Waals surface area contributed by atoms with Crippen LogP contribution in [0.15, 0.2) is 367 Å². The predicted octanol–water partition coefficient (Wildman–Crippen LogP) is 33.0. The fraction of sp³-hybridized carbons (Fsp3) is 0.146. The molecule has 5 nitrogen and oxygen atoms in total. The summed E-state index contributed by atoms with van der Waals surface area (Å²) >= 11 is -2.85. The van der Waals surface area contributed by atoms with Crippen LogP contribution in [0.2, 0.25) is 0 Å². The maximum Gasteiger partial charge on any atom is 1.30 e. The van der Waals surface area contributed by atoms with Crippen molar-refractivity contribution in [3.63, 3.8) is 0 Å². The third-order valence-corrected chi connectivity index (χ3v) is 27.6. The minimum absolute atomic E-state index is 0.0000204. The van der Waals surface area contributed by atoms with Crippen molar-refractivity contribution in [1.82, 2.24) is 4.98 Å². The van der Waals surface area contributed by atoms with Crippen molar-refractivity contribution in [3.05, 3.63) is 412 Å². The molecule has 6 heteroatoms. The quantitative estimate of drug-likeness (QED) is 0.0451. The Labute approximate surface area is 762 Å². The largest absolute Gasteiger partial charge is 1.30 e. The Hall–Kier alpha value is -14.1. The van der Waals surface area contributed by atoms with Crippen LogP contribution in [-0.4, -0.2) is 31.4 Å². The first kappa shape index (κ1) is 83.1. The lowest BCUT2D eigenvalue weighted by molar-refractivity contribution is -0.407. The van der Waals surface area contributed by atoms with Gasteiger partial charge in [0, 0.05) is 23.2 Å². The molecule has 0 fully saturated rings. The van der Waals surface area contributed by atoms with Gasteiger partial charge in [-0.3, -0.25) is 0 Å². The van der Waals surface area contributed by atoms with E-state index in [0.717, 1.165) is 45.0 Å². The number of hydrogen-bond donors (Lipinski definition) is 0. The van der Waals surface area contributed by atoms with Gasteiger partial charge in [0.25, 0.3) is 0 Å². The molecule has 0 saturated heterocycles. The highest BCUT2D eigenvalue weighted by atomic mass is 27.3. The van der Waals surface area contributed by atoms with E-state index in [1.165, 1.54) is 175 Å². The number of nitrogens with zero attached hydrogens (tertiary/aromatic N) is 2. The molecule has 1 aliphatic heterocycles. The molecule has 0 unspecified atom stereocenters. The molecule has 20 aromatic rings. The van der Waals surface area contributed by atoms with E-state index in [1.54, 1.807) is 0 Å². The minimum Gasteiger partial charge on any atom is -0.697 e. The van der Waals surface area contributed by atoms with Crippen LogP contribution in [0, 0.1) is 13.0 Å². The van der Waals surface area contributed by atoms with Gasteiger partial charge in [0.1, 0.15) is 11.2 Å². The molecule has 0 amide bonds. The van der Waals surface area contributed by atoms with Crippen molar-refractivity contribution >= 4 is 131 Å². The van der Waals surface area contributed by atoms with Gasteiger partial charge in [-0.25, -0.2) is 11.1 Å². The SMILES string of the molecule is C=[N+]1[C-](C)C=Cc2cccc(=[O+][Al-]([O]c3ccc(-c4ccccc4)cc3)[O]c3cccc4ccc(C)nc34)[c-]21.CC(C)(C)c1ccc2c(-c3ccc4c(c3)-c3cccc5c(-c6c(C(C)(C)C)ccc7cc(C(C)(C)C)ccc67)ccc-4c35)c(C(C)(C)C)ccc2c1.c1ccc2c(c1)ccc1cc(-c3ccc4ccc(-c5ccc6c(ccc7ccccc76)c5)cc4c3)ccc12. The Morgan fingerprint density at radius 2 is 0.783 bits per heavy atom. The van der Waals surface area contributed by atoms with Crippen molar-refractivity contribution in [2.24, 2.45) is 0 Å². The third-order valence-electron chi connectivity index (χ3n) is 26.3. The van der Waals surface area contributed by atoms with Crippen LogP contribution in [0.25, 0.3) is 181 Å². The maximum atomic E-state index is 6.57. The van der Waals surface area contributed by atoms with Gasteiger partial charge in [0.05, 0.1) is 11.5 Å². The number of hydrogen-bond acceptors (Lipinski definition) is 3. The molecule has 1 aliphatic carbocycles. The molecule has 0 bridgehead atoms. The summed E-state index contributed by atoms with van der Waals surface area (Å²) in [6.07, 6.45) is 4.11. The monoisotopic (exact) mass is 1680 g/mol. The number of fused-ring (bicyclic) bond motifs is 14. The highest BCUT2D eigenvalue weighted by molar-refractivity contribution is 6.49. The summed E-state index contributed by atoms with van der Waals surface area (Å²) in [5.74, 6) is 1.31. The number of benzene rings is 19. The summed E-state index contributed by atoms with van der Waals surface area (Å²) in [5, 5.41) is 21.9. The van der Waals surface area contributed by atoms with Crippen LogP contribution in [0.4, 0.5) is 5.69 Å². The number of pyridine rings is 1. The van der Waals surface area contributed by atoms with Crippen molar-refractivity contribution < 1.29 is 12.2 Å². The van der Waals surface area contributed by atoms with E-state index in [2.05, 4.69) is 363 Å². The zero-order chi connectivity index (χ0) is 88.9. The summed E-state index contributed by atoms with van der Waals surface area (Å²) < 4.78 is 21.4. The molecule has 129 heavy (non-hydrogen) atoms. The standard InChI is InChI=1S/C52H54.C38H24.C12H10O.C11H10NO.C10H9NO.Al/c1-49(2,3)34-19-22-36-31(28-34)17-26-44(51(7,8)9)46(36)33-16-21-38-41-24-25-42(39-14-13-15-40(47(39)41)43(38)30-33)48-37-23-20-35(50(4,5)6)29-32(37)18-27-45(48)52(10,11)12;1-3-7-35-26(5-1)11-15-32-21-30(17-19-37(32)35)28-13-9-25-10-14-29(24-34(25)23-28)31-18-20-38-33(22-31)16-12-27-6-2-4-8-36(27)38;13-12-8-6-11(7-9-12)10-4-2-1-3-5-10;1-8-6-7-9-4-3-5-10(13)11(9)12(8)2;1-7-5-6-8-3-2-4-9(12)10(8)11-7;/h13-30H,1-12H3;1-24H;1-9,13H;3-7H,2H2,1H3;2-6,12H,1H3;/q;;;-1;;+2/p-2. The summed E-state index contributed by atoms with van der Waals surface area (Å²) in [5.41, 5.74) is 27.9. The Morgan fingerprint density at radius 1 is 0.326 bits per heavy atom. The summed E-state index contributed by atoms with van der Waals surface area (Å²) in [4.78, 5) is 4.74. The average Bonchev–Trinajstić information content (AvgIpc) is 1.52. The number of rotatable bonds is 10. The summed E-state index contributed by atoms with van der Waals surface area (Å²) in [6.45, 7) is 36.1. The Kier molecular flexibility index (Phi) is 21.2. The molecule has 0 N–H and O–H groups in total. The van der Waals surface area contributed by atoms with Gasteiger partial charge in [-0.2, -0.15) is 6.08 Å². The van der Waals surface area contributed by atoms with Crippen LogP contribution < -0.4 is 13.0 Å². The van der Waals surface area contributed by atoms with E-state index in [1.807, 2.05) is 115 Å². The van der Waals surface area contributed by atoms with Crippen LogP contribution in [0.5, 0.6) is 11.5 Å². The lowest BCUT2D eigenvalue weighted by atomic mass is 9.77. The van der Waals surface area contributed by atoms with Crippen molar-refractivity contribution in [2.75, 3.05) is 0 Å². The normalized spacial score (nSPS) is 12.8. The van der Waals surface area contributed by atoms with Gasteiger partial charge in [-0.05, 0) is 276 Å². The van der Waals surface area contributed by atoms with Gasteiger partial charge in [-0.15, -0.1) is 5.56 Å². The molecule has 22 rings (SSSR count). The lowest BCUT2D eigenvalue weighted by Crippen LogP contribution is -2.32. The molecule has 1 aromatic heterocycles. The molecular weight excluding hydrogens is 1580 g/mol. The first-order valence-corrected chi connectivity index (χ1v) is 46.6. The van der Waals surface area contributed by atoms with Crippen LogP contribution in [0.1, 0.15) is 124 Å². The van der Waals surface area contributed by atoms with E-state index in [4.69, 9.17) is 16.0 Å². The van der Waals surface area contributed by atoms with Crippen molar-refractivity contribution in [2.45, 2.75) is 119 Å². The van der Waals surface area contributed by atoms with Crippen LogP contribution in [0.3, 0.4) is 0 Å². The molecular formula is C123H105AlN2O3-. The van der Waals surface area contributed by atoms with Crippen molar-refractivity contribution in [1.29, 1.82) is 0 Å². The lowest BCUT2D eigenvalue weighted by Gasteiger charge is -2.27. The minimum atomic E-state index is -2.85. The van der Waals surface area contributed by atoms with Gasteiger partial charge in [0.2, 0.25) is 5.43 Å². The van der Waals surface area contributed by atoms with Gasteiger partial charge < -0.3 is 15.6 Å². The zero-order valence-electron chi connectivity index (χ0n) is 76.1. The number of aromatic nitrogens is 1. The fourth-order valence-corrected chi connectivity index (χ4v) is 20.6. The Bertz CT molecular complexity index is 7860. The van der Waals surface area contributed by atoms with E-state index in [9.17, 15) is 0 Å². The van der Waals surface area contributed by atoms with Crippen LogP contribution in [-0.2, 0) is 21.7 Å². The Morgan fingerprint density at radius 3 is 1.40 bits per heavy atom. The second-order valence-electron chi connectivity index (χ2n) is 39.1. The first-order valence-electron chi connectivity index (χ1n) is 45.2. The van der Waals surface area contributed by atoms with E-state index >= 15 is 0 Å². The second kappa shape index (κ2) is 32.9. The van der Waals surface area contributed by atoms with Gasteiger partial charge in [-0.1, -0.05) is 387 Å². The van der Waals surface area contributed by atoms with E-state index in [-0.39, 0.29) is 21.7 Å². The summed E-state index contributed by atoms with van der Waals surface area (Å²) in [6, 6.07) is 131. The second-order valence-corrected chi connectivity index (χ2v) is 40.4. The molecule has 0 atom stereocenters. The van der Waals surface area contributed by atoms with Crippen LogP contribution >= 0.6 is 0 Å². The third kappa shape index (κ3) is 16.1. The highest BCUT2D eigenvalue weighted by Crippen LogP contribution is 2.54. The summed E-state index contributed by atoms with van der Waals surface area (Å²) in [7, 11) is 0. The number of aryl methyl sites for hydroxylation is 1. The molecule has 0 saturated carbocycles. The first-order chi connectivity index (χ1) is 62.2. The van der Waals surface area contributed by atoms with Gasteiger partial charge in [0.15, 0.2) is 0 Å². The molecule has 2 heterocycles. The van der Waals surface area contributed by atoms with Gasteiger partial charge >= 0.3 is 15.1 Å². The Balaban J connectivity index is 0.000000123. The molecule has 1 radical (unpaired) electrons. The predicted molar refractivity (Wildman–Crippen MR) is 553 cm³/mol. The zero-order valence-corrected chi connectivity index (χ0v) is 77.3. The number of para-hydroxylation sites is 2. The van der Waals surface area contributed by atoms with Crippen molar-refractivity contribution in [3.8, 4) is 89.4 Å². The van der Waals surface area contributed by atoms with E-state index < -0.39 is 15.1 Å². The molecule has 19 aromatic carbocycles. The maximum absolute atomic E-state index is 6.57. The smallest absolute Gasteiger partial charge is 0.697 e. The fourth-order valence-electron chi connectivity index (χ4n) is 19.3. The molecule has 0 spiro atoms. The average molecular weight is 1690 g/mol. The molecule has 2 aliphatic rings. The topological polar surface area (TPSA) is 45.7 Å². The molecule has 629 valence electrons.